The fourth-order valence-electron chi connectivity index (χ4n) is 5.22. The summed E-state index contributed by atoms with van der Waals surface area (Å²) >= 11 is 0. The minimum absolute atomic E-state index is 0.000713. The Kier molecular flexibility index (Phi) is 29.3. The van der Waals surface area contributed by atoms with Gasteiger partial charge in [-0.3, -0.25) is 9.59 Å². The summed E-state index contributed by atoms with van der Waals surface area (Å²) in [5, 5.41) is 27.2. The highest BCUT2D eigenvalue weighted by molar-refractivity contribution is 8.77. The average molecular weight is 826 g/mol. The van der Waals surface area contributed by atoms with E-state index in [2.05, 4.69) is 116 Å². The van der Waals surface area contributed by atoms with Gasteiger partial charge in [0.1, 0.15) is 6.61 Å². The zero-order valence-corrected chi connectivity index (χ0v) is 36.9. The van der Waals surface area contributed by atoms with Gasteiger partial charge in [0.05, 0.1) is 31.2 Å². The third-order valence-electron chi connectivity index (χ3n) is 8.73. The van der Waals surface area contributed by atoms with Gasteiger partial charge in [0.15, 0.2) is 0 Å². The molecule has 1 aromatic carbocycles. The zero-order valence-electron chi connectivity index (χ0n) is 35.3. The SMILES string of the molecule is CC/C=C\C/C=C\C/C=C\C/C=C\C/C=C\C/C=C\CCC(=O)NCCSSC(C)(C)[C@@H](COC(=O)NC(CO)CO)NC(=O)C(C)c1ccc(CC(C)C)cc1. The van der Waals surface area contributed by atoms with Crippen LogP contribution in [0.15, 0.2) is 97.2 Å². The van der Waals surface area contributed by atoms with Gasteiger partial charge in [0.25, 0.3) is 0 Å². The van der Waals surface area contributed by atoms with Crippen molar-refractivity contribution in [3.63, 3.8) is 0 Å². The van der Waals surface area contributed by atoms with E-state index in [0.29, 0.717) is 31.1 Å². The van der Waals surface area contributed by atoms with Crippen molar-refractivity contribution in [1.82, 2.24) is 16.0 Å². The topological polar surface area (TPSA) is 137 Å². The molecule has 1 rings (SSSR count). The Morgan fingerprint density at radius 2 is 1.30 bits per heavy atom. The molecule has 0 fully saturated rings. The van der Waals surface area contributed by atoms with Gasteiger partial charge in [-0.1, -0.05) is 140 Å². The second-order valence-corrected chi connectivity index (χ2v) is 17.8. The number of hydrogen-bond donors (Lipinski definition) is 5. The molecule has 0 spiro atoms. The predicted octanol–water partition coefficient (Wildman–Crippen LogP) is 9.31. The number of allylic oxidation sites excluding steroid dienone is 12. The average Bonchev–Trinajstić information content (AvgIpc) is 3.18. The lowest BCUT2D eigenvalue weighted by Crippen LogP contribution is -2.52. The Labute approximate surface area is 351 Å². The van der Waals surface area contributed by atoms with Gasteiger partial charge in [0.2, 0.25) is 11.8 Å². The number of hydrogen-bond acceptors (Lipinski definition) is 8. The summed E-state index contributed by atoms with van der Waals surface area (Å²) < 4.78 is 4.88. The van der Waals surface area contributed by atoms with Crippen LogP contribution in [0.3, 0.4) is 0 Å². The van der Waals surface area contributed by atoms with Crippen LogP contribution in [0.4, 0.5) is 4.79 Å². The molecule has 1 aromatic rings. The number of alkyl carbamates (subject to hydrolysis) is 1. The first-order chi connectivity index (χ1) is 27.4. The Balaban J connectivity index is 2.47. The molecule has 1 unspecified atom stereocenters. The molecular weight excluding hydrogens is 755 g/mol. The lowest BCUT2D eigenvalue weighted by atomic mass is 9.95. The van der Waals surface area contributed by atoms with Crippen molar-refractivity contribution >= 4 is 39.5 Å². The molecule has 0 aliphatic heterocycles. The van der Waals surface area contributed by atoms with Gasteiger partial charge in [-0.15, -0.1) is 0 Å². The van der Waals surface area contributed by atoms with Crippen molar-refractivity contribution in [3.05, 3.63) is 108 Å². The van der Waals surface area contributed by atoms with E-state index in [1.165, 1.54) is 5.56 Å². The molecule has 5 N–H and O–H groups in total. The van der Waals surface area contributed by atoms with Crippen LogP contribution < -0.4 is 16.0 Å². The summed E-state index contributed by atoms with van der Waals surface area (Å²) in [7, 11) is 3.11. The number of ether oxygens (including phenoxy) is 1. The van der Waals surface area contributed by atoms with Crippen molar-refractivity contribution < 1.29 is 29.3 Å². The van der Waals surface area contributed by atoms with E-state index in [4.69, 9.17) is 4.74 Å². The number of aliphatic hydroxyl groups excluding tert-OH is 2. The molecule has 0 radical (unpaired) electrons. The number of carbonyl (C=O) groups is 3. The maximum atomic E-state index is 13.5. The summed E-state index contributed by atoms with van der Waals surface area (Å²) in [4.78, 5) is 38.3. The van der Waals surface area contributed by atoms with E-state index < -0.39 is 42.1 Å². The van der Waals surface area contributed by atoms with Gasteiger partial charge >= 0.3 is 6.09 Å². The van der Waals surface area contributed by atoms with Crippen molar-refractivity contribution in [2.75, 3.05) is 32.1 Å². The Morgan fingerprint density at radius 1 is 0.772 bits per heavy atom. The highest BCUT2D eigenvalue weighted by Gasteiger charge is 2.34. The lowest BCUT2D eigenvalue weighted by Gasteiger charge is -2.34. The van der Waals surface area contributed by atoms with E-state index in [1.54, 1.807) is 21.6 Å². The third-order valence-corrected chi connectivity index (χ3v) is 12.1. The number of benzene rings is 1. The quantitative estimate of drug-likeness (QED) is 0.0294. The minimum Gasteiger partial charge on any atom is -0.447 e. The van der Waals surface area contributed by atoms with E-state index in [0.717, 1.165) is 50.5 Å². The fraction of sp³-hybridized carbons (Fsp3) is 0.543. The normalized spacial score (nSPS) is 13.6. The van der Waals surface area contributed by atoms with Crippen LogP contribution in [0.1, 0.15) is 110 Å². The number of rotatable bonds is 30. The van der Waals surface area contributed by atoms with Gasteiger partial charge in [-0.05, 0) is 89.2 Å². The molecule has 57 heavy (non-hydrogen) atoms. The third kappa shape index (κ3) is 26.2. The van der Waals surface area contributed by atoms with Crippen LogP contribution in [0.2, 0.25) is 0 Å². The molecule has 0 saturated heterocycles. The highest BCUT2D eigenvalue weighted by atomic mass is 33.1. The second-order valence-electron chi connectivity index (χ2n) is 14.7. The first kappa shape index (κ1) is 51.5. The highest BCUT2D eigenvalue weighted by Crippen LogP contribution is 2.38. The van der Waals surface area contributed by atoms with Gasteiger partial charge in [0, 0.05) is 23.5 Å². The molecule has 0 aliphatic rings. The monoisotopic (exact) mass is 825 g/mol. The first-order valence-electron chi connectivity index (χ1n) is 20.4. The van der Waals surface area contributed by atoms with Crippen LogP contribution >= 0.6 is 21.6 Å². The molecule has 11 heteroatoms. The second kappa shape index (κ2) is 32.4. The van der Waals surface area contributed by atoms with Crippen LogP contribution in [0.25, 0.3) is 0 Å². The number of carbonyl (C=O) groups excluding carboxylic acids is 3. The van der Waals surface area contributed by atoms with Crippen LogP contribution in [-0.2, 0) is 20.7 Å². The van der Waals surface area contributed by atoms with Crippen LogP contribution in [0, 0.1) is 5.92 Å². The van der Waals surface area contributed by atoms with Crippen molar-refractivity contribution in [1.29, 1.82) is 0 Å². The molecule has 0 bridgehead atoms. The van der Waals surface area contributed by atoms with E-state index >= 15 is 0 Å². The maximum absolute atomic E-state index is 13.5. The molecular formula is C46H71N3O6S2. The molecule has 3 amide bonds. The van der Waals surface area contributed by atoms with E-state index in [9.17, 15) is 24.6 Å². The first-order valence-corrected chi connectivity index (χ1v) is 22.8. The Bertz CT molecular complexity index is 1430. The molecule has 0 saturated carbocycles. The van der Waals surface area contributed by atoms with E-state index in [-0.39, 0.29) is 18.4 Å². The van der Waals surface area contributed by atoms with Gasteiger partial charge in [-0.25, -0.2) is 4.79 Å². The van der Waals surface area contributed by atoms with E-state index in [1.807, 2.05) is 39.0 Å². The van der Waals surface area contributed by atoms with Crippen molar-refractivity contribution in [3.8, 4) is 0 Å². The number of nitrogens with one attached hydrogen (secondary N) is 3. The van der Waals surface area contributed by atoms with Crippen LogP contribution in [0.5, 0.6) is 0 Å². The van der Waals surface area contributed by atoms with Crippen molar-refractivity contribution in [2.45, 2.75) is 122 Å². The zero-order chi connectivity index (χ0) is 42.2. The molecule has 0 aromatic heterocycles. The number of aliphatic hydroxyl groups is 2. The van der Waals surface area contributed by atoms with Gasteiger partial charge in [-0.2, -0.15) is 0 Å². The van der Waals surface area contributed by atoms with Crippen LogP contribution in [-0.4, -0.2) is 77.1 Å². The Morgan fingerprint density at radius 3 is 1.81 bits per heavy atom. The molecule has 2 atom stereocenters. The fourth-order valence-corrected chi connectivity index (χ4v) is 7.80. The standard InChI is InChI=1S/C46H71N3O6S2/c1-7-8-9-10-11-12-13-14-15-16-17-18-19-20-21-22-23-24-25-26-43(52)47-31-32-56-57-46(5,6)42(36-55-45(54)48-41(34-50)35-51)49-44(53)38(4)40-29-27-39(28-30-40)33-37(2)3/h8-9,11-12,14-15,17-18,20-21,23-24,27-30,37-38,41-42,50-51H,7,10,13,16,19,22,25-26,31-36H2,1-6H3,(H,47,52)(H,48,54)(H,49,53)/b9-8-,12-11-,15-14-,18-17-,21-20-,24-23-/t38?,42-/m1/s1. The summed E-state index contributed by atoms with van der Waals surface area (Å²) in [5.41, 5.74) is 2.11. The van der Waals surface area contributed by atoms with Crippen molar-refractivity contribution in [2.24, 2.45) is 5.92 Å². The molecule has 9 nitrogen and oxygen atoms in total. The minimum atomic E-state index is -0.844. The summed E-state index contributed by atoms with van der Waals surface area (Å²) in [6.07, 6.45) is 33.0. The largest absolute Gasteiger partial charge is 0.447 e. The number of amides is 3. The summed E-state index contributed by atoms with van der Waals surface area (Å²) in [6.45, 7) is 11.8. The van der Waals surface area contributed by atoms with Gasteiger partial charge < -0.3 is 30.9 Å². The summed E-state index contributed by atoms with van der Waals surface area (Å²) in [5.74, 6) is 0.558. The Hall–Kier alpha value is -3.51. The lowest BCUT2D eigenvalue weighted by molar-refractivity contribution is -0.123. The predicted molar refractivity (Wildman–Crippen MR) is 242 cm³/mol. The molecule has 0 heterocycles. The smallest absolute Gasteiger partial charge is 0.407 e. The molecule has 0 aliphatic carbocycles. The summed E-state index contributed by atoms with van der Waals surface area (Å²) in [6, 6.07) is 6.68. The maximum Gasteiger partial charge on any atom is 0.407 e. The molecule has 318 valence electrons.